The third kappa shape index (κ3) is 7.26. The molecule has 0 aromatic heterocycles. The zero-order valence-corrected chi connectivity index (χ0v) is 30.3. The summed E-state index contributed by atoms with van der Waals surface area (Å²) in [5.41, 5.74) is -0.656. The zero-order chi connectivity index (χ0) is 36.6. The number of likely N-dealkylation sites (tertiary alicyclic amines) is 1. The Morgan fingerprint density at radius 3 is 2.29 bits per heavy atom. The molecule has 0 aliphatic carbocycles. The fourth-order valence-corrected chi connectivity index (χ4v) is 8.78. The van der Waals surface area contributed by atoms with Crippen LogP contribution in [0.4, 0.5) is 0 Å². The molecule has 0 radical (unpaired) electrons. The Kier molecular flexibility index (Phi) is 10.3. The number of cyclic esters (lactones) is 1. The van der Waals surface area contributed by atoms with E-state index < -0.39 is 65.8 Å². The molecular formula is C41H51N3O7. The lowest BCUT2D eigenvalue weighted by Gasteiger charge is -2.46. The van der Waals surface area contributed by atoms with Gasteiger partial charge in [0, 0.05) is 18.5 Å². The van der Waals surface area contributed by atoms with Crippen molar-refractivity contribution >= 4 is 23.7 Å². The second kappa shape index (κ2) is 14.4. The summed E-state index contributed by atoms with van der Waals surface area (Å²) in [5.74, 6) is -3.66. The second-order valence-corrected chi connectivity index (χ2v) is 16.1. The number of aliphatic hydroxyl groups excluding tert-OH is 1. The van der Waals surface area contributed by atoms with Crippen LogP contribution in [0.15, 0.2) is 85.0 Å². The second-order valence-electron chi connectivity index (χ2n) is 16.1. The molecule has 10 heteroatoms. The van der Waals surface area contributed by atoms with Crippen molar-refractivity contribution in [1.82, 2.24) is 15.1 Å². The van der Waals surface area contributed by atoms with Gasteiger partial charge in [-0.2, -0.15) is 0 Å². The van der Waals surface area contributed by atoms with Crippen molar-refractivity contribution in [3.8, 4) is 0 Å². The molecule has 5 bridgehead atoms. The van der Waals surface area contributed by atoms with E-state index in [0.717, 1.165) is 5.56 Å². The number of carbonyl (C=O) groups excluding carboxylic acids is 4. The molecule has 1 spiro atoms. The zero-order valence-electron chi connectivity index (χ0n) is 30.3. The Labute approximate surface area is 300 Å². The maximum absolute atomic E-state index is 15.4. The smallest absolute Gasteiger partial charge is 0.313 e. The van der Waals surface area contributed by atoms with Gasteiger partial charge in [0.1, 0.15) is 23.7 Å². The molecule has 7 atom stereocenters. The summed E-state index contributed by atoms with van der Waals surface area (Å²) in [6, 6.07) is 16.8. The number of rotatable bonds is 7. The highest BCUT2D eigenvalue weighted by Crippen LogP contribution is 2.56. The van der Waals surface area contributed by atoms with Gasteiger partial charge in [0.2, 0.25) is 17.7 Å². The molecular weight excluding hydrogens is 646 g/mol. The van der Waals surface area contributed by atoms with Gasteiger partial charge in [-0.25, -0.2) is 0 Å². The maximum Gasteiger partial charge on any atom is 0.313 e. The first-order valence-corrected chi connectivity index (χ1v) is 18.1. The molecule has 4 aliphatic heterocycles. The lowest BCUT2D eigenvalue weighted by molar-refractivity contribution is -0.161. The SMILES string of the molecule is CC(C)(C)CC(C)(C)N1C/C=C\CCC(=O)NC[C@H](c2ccccc2)OC(=O)[C@@H]2[C@H]3C(=O)N([C@@H](CO)Cc4ccccc4)[C@H](C1=O)[C@]31C=C[C@H]2O1. The van der Waals surface area contributed by atoms with Gasteiger partial charge in [-0.05, 0) is 49.7 Å². The van der Waals surface area contributed by atoms with Gasteiger partial charge in [-0.15, -0.1) is 0 Å². The first-order valence-electron chi connectivity index (χ1n) is 18.1. The number of amides is 3. The maximum atomic E-state index is 15.4. The lowest BCUT2D eigenvalue weighted by Crippen LogP contribution is -2.62. The largest absolute Gasteiger partial charge is 0.455 e. The number of ether oxygens (including phenoxy) is 2. The summed E-state index contributed by atoms with van der Waals surface area (Å²) >= 11 is 0. The number of nitrogens with zero attached hydrogens (tertiary/aromatic N) is 2. The molecule has 2 aromatic rings. The predicted octanol–water partition coefficient (Wildman–Crippen LogP) is 4.53. The van der Waals surface area contributed by atoms with Gasteiger partial charge in [-0.1, -0.05) is 106 Å². The molecule has 2 saturated heterocycles. The van der Waals surface area contributed by atoms with Crippen LogP contribution < -0.4 is 5.32 Å². The topological polar surface area (TPSA) is 125 Å². The highest BCUT2D eigenvalue weighted by atomic mass is 16.6. The molecule has 4 aliphatic rings. The molecule has 2 N–H and O–H groups in total. The van der Waals surface area contributed by atoms with Crippen LogP contribution in [-0.2, 0) is 35.1 Å². The van der Waals surface area contributed by atoms with E-state index in [2.05, 4.69) is 26.1 Å². The van der Waals surface area contributed by atoms with Crippen molar-refractivity contribution in [3.05, 3.63) is 96.1 Å². The Hall–Kier alpha value is -4.28. The van der Waals surface area contributed by atoms with Gasteiger partial charge in [0.15, 0.2) is 0 Å². The normalized spacial score (nSPS) is 29.9. The monoisotopic (exact) mass is 697 g/mol. The van der Waals surface area contributed by atoms with Gasteiger partial charge >= 0.3 is 5.97 Å². The van der Waals surface area contributed by atoms with E-state index in [0.29, 0.717) is 24.8 Å². The Balaban J connectivity index is 1.47. The summed E-state index contributed by atoms with van der Waals surface area (Å²) in [4.78, 5) is 60.9. The molecule has 2 aromatic carbocycles. The van der Waals surface area contributed by atoms with Crippen molar-refractivity contribution in [2.24, 2.45) is 17.3 Å². The van der Waals surface area contributed by atoms with E-state index >= 15 is 4.79 Å². The van der Waals surface area contributed by atoms with E-state index in [1.165, 1.54) is 4.90 Å². The number of esters is 1. The summed E-state index contributed by atoms with van der Waals surface area (Å²) in [5, 5.41) is 13.8. The van der Waals surface area contributed by atoms with Crippen LogP contribution in [0.1, 0.15) is 71.1 Å². The molecule has 0 unspecified atom stereocenters. The number of fused-ring (bicyclic) bond motifs is 2. The molecule has 4 heterocycles. The minimum absolute atomic E-state index is 0.0573. The third-order valence-electron chi connectivity index (χ3n) is 10.6. The number of allylic oxidation sites excluding steroid dienone is 1. The summed E-state index contributed by atoms with van der Waals surface area (Å²) in [7, 11) is 0. The van der Waals surface area contributed by atoms with Crippen LogP contribution in [0.2, 0.25) is 0 Å². The summed E-state index contributed by atoms with van der Waals surface area (Å²) in [6.07, 6.45) is 7.40. The van der Waals surface area contributed by atoms with Gasteiger partial charge in [-0.3, -0.25) is 19.2 Å². The molecule has 3 amide bonds. The molecule has 10 nitrogen and oxygen atoms in total. The van der Waals surface area contributed by atoms with Crippen LogP contribution in [0.25, 0.3) is 0 Å². The van der Waals surface area contributed by atoms with Gasteiger partial charge in [0.25, 0.3) is 0 Å². The molecule has 272 valence electrons. The standard InChI is InChI=1S/C41H51N3O7/c1-39(2,3)26-40(4,5)43-22-14-8-13-19-32(46)42-24-31(28-17-11-7-12-18-28)50-38(49)33-30-20-21-41(51-30)34(33)36(47)44(35(41)37(43)48)29(25-45)23-27-15-9-6-10-16-27/h6-12,14-18,20-21,29-31,33-35,45H,13,19,22-26H2,1-5H3,(H,42,46)/b14-8-/t29-,30-,31-,33+,34+,35-,41+/m1/s1. The fourth-order valence-electron chi connectivity index (χ4n) is 8.78. The average Bonchev–Trinajstić information content (AvgIpc) is 3.73. The van der Waals surface area contributed by atoms with Crippen LogP contribution in [0.5, 0.6) is 0 Å². The predicted molar refractivity (Wildman–Crippen MR) is 192 cm³/mol. The van der Waals surface area contributed by atoms with E-state index in [4.69, 9.17) is 9.47 Å². The average molecular weight is 698 g/mol. The number of hydrogen-bond donors (Lipinski definition) is 2. The Bertz CT molecular complexity index is 1670. The Morgan fingerprint density at radius 2 is 1.63 bits per heavy atom. The number of aliphatic hydroxyl groups is 1. The number of carbonyl (C=O) groups is 4. The van der Waals surface area contributed by atoms with E-state index in [9.17, 15) is 19.5 Å². The Morgan fingerprint density at radius 1 is 0.941 bits per heavy atom. The number of nitrogens with one attached hydrogen (secondary N) is 1. The van der Waals surface area contributed by atoms with Gasteiger partial charge < -0.3 is 29.7 Å². The highest BCUT2D eigenvalue weighted by molar-refractivity contribution is 5.99. The van der Waals surface area contributed by atoms with Crippen LogP contribution in [-0.4, -0.2) is 87.6 Å². The van der Waals surface area contributed by atoms with Crippen LogP contribution >= 0.6 is 0 Å². The van der Waals surface area contributed by atoms with Crippen molar-refractivity contribution in [1.29, 1.82) is 0 Å². The highest BCUT2D eigenvalue weighted by Gasteiger charge is 2.74. The minimum Gasteiger partial charge on any atom is -0.455 e. The summed E-state index contributed by atoms with van der Waals surface area (Å²) in [6.45, 7) is 10.3. The first-order chi connectivity index (χ1) is 24.3. The van der Waals surface area contributed by atoms with E-state index in [-0.39, 0.29) is 36.7 Å². The van der Waals surface area contributed by atoms with Crippen molar-refractivity contribution in [3.63, 3.8) is 0 Å². The van der Waals surface area contributed by atoms with Crippen molar-refractivity contribution < 1.29 is 33.8 Å². The molecule has 51 heavy (non-hydrogen) atoms. The van der Waals surface area contributed by atoms with Crippen LogP contribution in [0.3, 0.4) is 0 Å². The third-order valence-corrected chi connectivity index (χ3v) is 10.6. The van der Waals surface area contributed by atoms with Gasteiger partial charge in [0.05, 0.1) is 31.2 Å². The van der Waals surface area contributed by atoms with Crippen molar-refractivity contribution in [2.45, 2.75) is 95.7 Å². The van der Waals surface area contributed by atoms with Crippen LogP contribution in [0, 0.1) is 17.3 Å². The van der Waals surface area contributed by atoms with Crippen molar-refractivity contribution in [2.75, 3.05) is 19.7 Å². The van der Waals surface area contributed by atoms with E-state index in [1.54, 1.807) is 17.1 Å². The quantitative estimate of drug-likeness (QED) is 0.322. The number of hydrogen-bond acceptors (Lipinski definition) is 7. The summed E-state index contributed by atoms with van der Waals surface area (Å²) < 4.78 is 12.8. The fraction of sp³-hybridized carbons (Fsp3) is 0.512. The number of benzene rings is 2. The first kappa shape index (κ1) is 36.5. The molecule has 2 fully saturated rings. The lowest BCUT2D eigenvalue weighted by atomic mass is 9.74. The minimum atomic E-state index is -1.45. The molecule has 6 rings (SSSR count). The molecule has 0 saturated carbocycles. The van der Waals surface area contributed by atoms with E-state index in [1.807, 2.05) is 86.7 Å².